The van der Waals surface area contributed by atoms with Gasteiger partial charge >= 0.3 is 0 Å². The number of anilines is 1. The maximum Gasteiger partial charge on any atom is 0.276 e. The second-order valence-corrected chi connectivity index (χ2v) is 6.67. The number of carbonyl (C=O) groups is 2. The molecule has 0 saturated heterocycles. The standard InChI is InChI=1S/C12H11N3O4S2/c1-8(16)14-12-13-7-10(20-12)11(17)15-21(18,19)9-5-3-2-4-6-9/h2-7H,1H3,(H,15,17)(H,13,14,16). The number of nitrogens with zero attached hydrogens (tertiary/aromatic N) is 1. The van der Waals surface area contributed by atoms with Crippen molar-refractivity contribution in [2.24, 2.45) is 0 Å². The van der Waals surface area contributed by atoms with E-state index in [4.69, 9.17) is 0 Å². The molecule has 0 aliphatic heterocycles. The summed E-state index contributed by atoms with van der Waals surface area (Å²) in [6, 6.07) is 7.54. The Kier molecular flexibility index (Phi) is 4.34. The minimum absolute atomic E-state index is 0.00931. The predicted molar refractivity (Wildman–Crippen MR) is 77.5 cm³/mol. The summed E-state index contributed by atoms with van der Waals surface area (Å²) in [5.74, 6) is -1.12. The van der Waals surface area contributed by atoms with Crippen LogP contribution in [0.1, 0.15) is 16.6 Å². The van der Waals surface area contributed by atoms with E-state index in [1.807, 2.05) is 4.72 Å². The van der Waals surface area contributed by atoms with E-state index in [2.05, 4.69) is 10.3 Å². The Morgan fingerprint density at radius 2 is 1.86 bits per heavy atom. The van der Waals surface area contributed by atoms with Gasteiger partial charge in [-0.05, 0) is 12.1 Å². The molecule has 21 heavy (non-hydrogen) atoms. The van der Waals surface area contributed by atoms with Gasteiger partial charge in [-0.25, -0.2) is 18.1 Å². The number of carbonyl (C=O) groups excluding carboxylic acids is 2. The zero-order valence-corrected chi connectivity index (χ0v) is 12.5. The van der Waals surface area contributed by atoms with E-state index in [9.17, 15) is 18.0 Å². The van der Waals surface area contributed by atoms with Crippen molar-refractivity contribution < 1.29 is 18.0 Å². The summed E-state index contributed by atoms with van der Waals surface area (Å²) in [5, 5.41) is 2.64. The van der Waals surface area contributed by atoms with Gasteiger partial charge < -0.3 is 5.32 Å². The second kappa shape index (κ2) is 6.02. The number of amides is 2. The SMILES string of the molecule is CC(=O)Nc1ncc(C(=O)NS(=O)(=O)c2ccccc2)s1. The van der Waals surface area contributed by atoms with Crippen LogP contribution in [0.25, 0.3) is 0 Å². The third-order valence-corrected chi connectivity index (χ3v) is 4.55. The minimum atomic E-state index is -3.93. The number of aromatic nitrogens is 1. The van der Waals surface area contributed by atoms with Gasteiger partial charge in [0, 0.05) is 6.92 Å². The Hall–Kier alpha value is -2.26. The maximum atomic E-state index is 12.0. The van der Waals surface area contributed by atoms with E-state index in [-0.39, 0.29) is 20.8 Å². The summed E-state index contributed by atoms with van der Waals surface area (Å²) in [6.07, 6.45) is 1.20. The fourth-order valence-electron chi connectivity index (χ4n) is 1.42. The van der Waals surface area contributed by atoms with Gasteiger partial charge in [-0.1, -0.05) is 29.5 Å². The first-order chi connectivity index (χ1) is 9.88. The fraction of sp³-hybridized carbons (Fsp3) is 0.0833. The summed E-state index contributed by atoms with van der Waals surface area (Å²) in [5.41, 5.74) is 0. The van der Waals surface area contributed by atoms with Gasteiger partial charge in [0.15, 0.2) is 5.13 Å². The second-order valence-electron chi connectivity index (χ2n) is 3.96. The summed E-state index contributed by atoms with van der Waals surface area (Å²) < 4.78 is 25.9. The fourth-order valence-corrected chi connectivity index (χ4v) is 3.23. The summed E-state index contributed by atoms with van der Waals surface area (Å²) in [6.45, 7) is 1.31. The zero-order valence-electron chi connectivity index (χ0n) is 10.9. The molecular weight excluding hydrogens is 314 g/mol. The molecule has 2 N–H and O–H groups in total. The van der Waals surface area contributed by atoms with Crippen molar-refractivity contribution in [1.82, 2.24) is 9.71 Å². The normalized spacial score (nSPS) is 10.9. The molecule has 110 valence electrons. The van der Waals surface area contributed by atoms with Crippen molar-refractivity contribution in [1.29, 1.82) is 0 Å². The van der Waals surface area contributed by atoms with Crippen molar-refractivity contribution in [3.63, 3.8) is 0 Å². The van der Waals surface area contributed by atoms with Crippen LogP contribution in [0.15, 0.2) is 41.4 Å². The third-order valence-electron chi connectivity index (χ3n) is 2.29. The van der Waals surface area contributed by atoms with Gasteiger partial charge in [-0.15, -0.1) is 0 Å². The number of sulfonamides is 1. The number of nitrogens with one attached hydrogen (secondary N) is 2. The van der Waals surface area contributed by atoms with Gasteiger partial charge in [0.05, 0.1) is 11.1 Å². The molecule has 0 aliphatic carbocycles. The smallest absolute Gasteiger partial charge is 0.276 e. The molecule has 0 bridgehead atoms. The number of thiazole rings is 1. The molecule has 0 fully saturated rings. The lowest BCUT2D eigenvalue weighted by atomic mass is 10.4. The van der Waals surface area contributed by atoms with E-state index in [1.54, 1.807) is 18.2 Å². The van der Waals surface area contributed by atoms with Crippen molar-refractivity contribution >= 4 is 38.3 Å². The zero-order chi connectivity index (χ0) is 15.5. The molecule has 9 heteroatoms. The molecule has 0 aliphatic rings. The highest BCUT2D eigenvalue weighted by atomic mass is 32.2. The van der Waals surface area contributed by atoms with Crippen molar-refractivity contribution in [2.45, 2.75) is 11.8 Å². The van der Waals surface area contributed by atoms with Crippen LogP contribution in [0.3, 0.4) is 0 Å². The van der Waals surface area contributed by atoms with E-state index >= 15 is 0 Å². The molecular formula is C12H11N3O4S2. The first-order valence-corrected chi connectivity index (χ1v) is 8.04. The molecule has 2 rings (SSSR count). The Balaban J connectivity index is 2.14. The third kappa shape index (κ3) is 3.86. The molecule has 2 amide bonds. The Morgan fingerprint density at radius 1 is 1.19 bits per heavy atom. The van der Waals surface area contributed by atoms with Gasteiger partial charge in [0.1, 0.15) is 4.88 Å². The lowest BCUT2D eigenvalue weighted by Crippen LogP contribution is -2.29. The van der Waals surface area contributed by atoms with Crippen LogP contribution in [-0.2, 0) is 14.8 Å². The maximum absolute atomic E-state index is 12.0. The van der Waals surface area contributed by atoms with E-state index < -0.39 is 15.9 Å². The lowest BCUT2D eigenvalue weighted by Gasteiger charge is -2.04. The summed E-state index contributed by atoms with van der Waals surface area (Å²) in [4.78, 5) is 26.6. The van der Waals surface area contributed by atoms with E-state index in [1.165, 1.54) is 25.3 Å². The van der Waals surface area contributed by atoms with Crippen LogP contribution in [0.4, 0.5) is 5.13 Å². The van der Waals surface area contributed by atoms with Crippen molar-refractivity contribution in [3.05, 3.63) is 41.4 Å². The largest absolute Gasteiger partial charge is 0.302 e. The lowest BCUT2D eigenvalue weighted by molar-refractivity contribution is -0.114. The Labute approximate surface area is 125 Å². The summed E-state index contributed by atoms with van der Waals surface area (Å²) >= 11 is 0.886. The van der Waals surface area contributed by atoms with Gasteiger partial charge in [0.2, 0.25) is 5.91 Å². The minimum Gasteiger partial charge on any atom is -0.302 e. The molecule has 7 nitrogen and oxygen atoms in total. The van der Waals surface area contributed by atoms with E-state index in [0.29, 0.717) is 0 Å². The Bertz CT molecular complexity index is 769. The first-order valence-electron chi connectivity index (χ1n) is 5.74. The Morgan fingerprint density at radius 3 is 2.48 bits per heavy atom. The highest BCUT2D eigenvalue weighted by Gasteiger charge is 2.20. The van der Waals surface area contributed by atoms with Crippen molar-refractivity contribution in [3.8, 4) is 0 Å². The quantitative estimate of drug-likeness (QED) is 0.879. The molecule has 1 aromatic heterocycles. The van der Waals surface area contributed by atoms with Gasteiger partial charge in [-0.2, -0.15) is 0 Å². The van der Waals surface area contributed by atoms with Crippen LogP contribution in [0, 0.1) is 0 Å². The molecule has 0 unspecified atom stereocenters. The molecule has 0 atom stereocenters. The predicted octanol–water partition coefficient (Wildman–Crippen LogP) is 1.22. The molecule has 2 aromatic rings. The van der Waals surface area contributed by atoms with Crippen LogP contribution in [0.2, 0.25) is 0 Å². The molecule has 0 saturated carbocycles. The average molecular weight is 325 g/mol. The molecule has 0 radical (unpaired) electrons. The van der Waals surface area contributed by atoms with Gasteiger partial charge in [0.25, 0.3) is 15.9 Å². The van der Waals surface area contributed by atoms with Crippen LogP contribution < -0.4 is 10.0 Å². The average Bonchev–Trinajstić information content (AvgIpc) is 2.87. The van der Waals surface area contributed by atoms with Crippen LogP contribution in [-0.4, -0.2) is 25.2 Å². The molecule has 0 spiro atoms. The first kappa shape index (κ1) is 15.1. The topological polar surface area (TPSA) is 105 Å². The van der Waals surface area contributed by atoms with Crippen LogP contribution in [0.5, 0.6) is 0 Å². The van der Waals surface area contributed by atoms with Gasteiger partial charge in [-0.3, -0.25) is 9.59 Å². The molecule has 1 heterocycles. The number of hydrogen-bond acceptors (Lipinski definition) is 6. The highest BCUT2D eigenvalue weighted by Crippen LogP contribution is 2.18. The van der Waals surface area contributed by atoms with E-state index in [0.717, 1.165) is 11.3 Å². The molecule has 1 aromatic carbocycles. The van der Waals surface area contributed by atoms with Crippen molar-refractivity contribution in [2.75, 3.05) is 5.32 Å². The number of hydrogen-bond donors (Lipinski definition) is 2. The number of benzene rings is 1. The summed E-state index contributed by atoms with van der Waals surface area (Å²) in [7, 11) is -3.93. The van der Waals surface area contributed by atoms with Crippen LogP contribution >= 0.6 is 11.3 Å². The monoisotopic (exact) mass is 325 g/mol. The number of rotatable bonds is 4. The highest BCUT2D eigenvalue weighted by molar-refractivity contribution is 7.90.